The van der Waals surface area contributed by atoms with E-state index in [0.29, 0.717) is 19.0 Å². The van der Waals surface area contributed by atoms with E-state index < -0.39 is 12.8 Å². The van der Waals surface area contributed by atoms with Crippen molar-refractivity contribution in [3.8, 4) is 11.5 Å². The molecule has 0 aliphatic heterocycles. The smallest absolute Gasteiger partial charge is 0.422 e. The van der Waals surface area contributed by atoms with Crippen LogP contribution in [0, 0.1) is 5.82 Å². The molecule has 2 aromatic carbocycles. The number of aliphatic imine (C=N–C) groups is 1. The molecule has 0 unspecified atom stereocenters. The molecule has 0 heterocycles. The SMILES string of the molecule is CN=C(NCc1cccc(F)c1)NCc1ccc(OCC(F)(F)F)c(OC)c1.I. The topological polar surface area (TPSA) is 54.9 Å². The first kappa shape index (κ1) is 24.8. The lowest BCUT2D eigenvalue weighted by atomic mass is 10.2. The predicted octanol–water partition coefficient (Wildman–Crippen LogP) is 4.26. The zero-order valence-corrected chi connectivity index (χ0v) is 18.2. The molecule has 2 aromatic rings. The molecule has 10 heteroatoms. The molecule has 2 rings (SSSR count). The van der Waals surface area contributed by atoms with Gasteiger partial charge in [0.1, 0.15) is 5.82 Å². The molecule has 0 fully saturated rings. The average Bonchev–Trinajstić information content (AvgIpc) is 2.66. The number of benzene rings is 2. The Morgan fingerprint density at radius 3 is 2.21 bits per heavy atom. The van der Waals surface area contributed by atoms with Crippen LogP contribution in [0.25, 0.3) is 0 Å². The van der Waals surface area contributed by atoms with E-state index in [-0.39, 0.29) is 41.3 Å². The molecule has 0 saturated carbocycles. The molecule has 29 heavy (non-hydrogen) atoms. The first-order chi connectivity index (χ1) is 13.3. The third kappa shape index (κ3) is 8.75. The molecule has 5 nitrogen and oxygen atoms in total. The van der Waals surface area contributed by atoms with E-state index in [4.69, 9.17) is 9.47 Å². The number of alkyl halides is 3. The number of nitrogens with zero attached hydrogens (tertiary/aromatic N) is 1. The predicted molar refractivity (Wildman–Crippen MR) is 113 cm³/mol. The largest absolute Gasteiger partial charge is 0.493 e. The van der Waals surface area contributed by atoms with Gasteiger partial charge in [-0.3, -0.25) is 4.99 Å². The van der Waals surface area contributed by atoms with Crippen LogP contribution >= 0.6 is 24.0 Å². The monoisotopic (exact) mass is 527 g/mol. The summed E-state index contributed by atoms with van der Waals surface area (Å²) >= 11 is 0. The molecule has 0 aliphatic rings. The maximum atomic E-state index is 13.2. The third-order valence-corrected chi connectivity index (χ3v) is 3.65. The zero-order valence-electron chi connectivity index (χ0n) is 15.8. The van der Waals surface area contributed by atoms with Gasteiger partial charge in [0.25, 0.3) is 0 Å². The molecular formula is C19H22F4IN3O2. The van der Waals surface area contributed by atoms with E-state index in [0.717, 1.165) is 11.1 Å². The Hall–Kier alpha value is -2.24. The van der Waals surface area contributed by atoms with Crippen molar-refractivity contribution in [2.75, 3.05) is 20.8 Å². The van der Waals surface area contributed by atoms with Crippen molar-refractivity contribution in [2.24, 2.45) is 4.99 Å². The number of methoxy groups -OCH3 is 1. The fourth-order valence-electron chi connectivity index (χ4n) is 2.34. The van der Waals surface area contributed by atoms with Crippen LogP contribution in [0.1, 0.15) is 11.1 Å². The molecule has 0 spiro atoms. The Morgan fingerprint density at radius 2 is 1.66 bits per heavy atom. The second-order valence-electron chi connectivity index (χ2n) is 5.80. The third-order valence-electron chi connectivity index (χ3n) is 3.65. The summed E-state index contributed by atoms with van der Waals surface area (Å²) in [7, 11) is 2.95. The summed E-state index contributed by atoms with van der Waals surface area (Å²) < 4.78 is 60.0. The minimum atomic E-state index is -4.43. The summed E-state index contributed by atoms with van der Waals surface area (Å²) in [4.78, 5) is 4.08. The quantitative estimate of drug-likeness (QED) is 0.245. The van der Waals surface area contributed by atoms with Gasteiger partial charge in [0.15, 0.2) is 24.1 Å². The van der Waals surface area contributed by atoms with E-state index in [1.165, 1.54) is 25.3 Å². The van der Waals surface area contributed by atoms with Gasteiger partial charge < -0.3 is 20.1 Å². The van der Waals surface area contributed by atoms with Crippen LogP contribution in [0.4, 0.5) is 17.6 Å². The van der Waals surface area contributed by atoms with Crippen molar-refractivity contribution in [1.29, 1.82) is 0 Å². The van der Waals surface area contributed by atoms with Crippen molar-refractivity contribution in [3.05, 3.63) is 59.4 Å². The molecule has 160 valence electrons. The van der Waals surface area contributed by atoms with Crippen LogP contribution in [-0.4, -0.2) is 32.9 Å². The Labute approximate surface area is 183 Å². The van der Waals surface area contributed by atoms with E-state index in [9.17, 15) is 17.6 Å². The standard InChI is InChI=1S/C19H21F4N3O2.HI/c1-24-18(25-10-13-4-3-5-15(20)8-13)26-11-14-6-7-16(17(9-14)27-2)28-12-19(21,22)23;/h3-9H,10-12H2,1-2H3,(H2,24,25,26);1H. The number of ether oxygens (including phenoxy) is 2. The number of hydrogen-bond acceptors (Lipinski definition) is 3. The maximum absolute atomic E-state index is 13.2. The maximum Gasteiger partial charge on any atom is 0.422 e. The minimum Gasteiger partial charge on any atom is -0.493 e. The summed E-state index contributed by atoms with van der Waals surface area (Å²) in [6, 6.07) is 10.8. The molecule has 0 radical (unpaired) electrons. The van der Waals surface area contributed by atoms with E-state index in [1.807, 2.05) is 0 Å². The summed E-state index contributed by atoms with van der Waals surface area (Å²) in [6.07, 6.45) is -4.43. The highest BCUT2D eigenvalue weighted by molar-refractivity contribution is 14.0. The number of nitrogens with one attached hydrogen (secondary N) is 2. The molecule has 0 aromatic heterocycles. The van der Waals surface area contributed by atoms with Crippen molar-refractivity contribution in [2.45, 2.75) is 19.3 Å². The van der Waals surface area contributed by atoms with Crippen LogP contribution in [-0.2, 0) is 13.1 Å². The zero-order chi connectivity index (χ0) is 20.6. The number of halogens is 5. The van der Waals surface area contributed by atoms with Crippen molar-refractivity contribution < 1.29 is 27.0 Å². The van der Waals surface area contributed by atoms with Gasteiger partial charge in [0.05, 0.1) is 7.11 Å². The molecule has 2 N–H and O–H groups in total. The Morgan fingerprint density at radius 1 is 1.00 bits per heavy atom. The van der Waals surface area contributed by atoms with Gasteiger partial charge in [-0.2, -0.15) is 13.2 Å². The van der Waals surface area contributed by atoms with Gasteiger partial charge in [-0.15, -0.1) is 24.0 Å². The van der Waals surface area contributed by atoms with Crippen LogP contribution in [0.3, 0.4) is 0 Å². The lowest BCUT2D eigenvalue weighted by Gasteiger charge is -2.15. The Bertz CT molecular complexity index is 816. The van der Waals surface area contributed by atoms with Crippen molar-refractivity contribution >= 4 is 29.9 Å². The minimum absolute atomic E-state index is 0. The number of rotatable bonds is 7. The first-order valence-corrected chi connectivity index (χ1v) is 8.36. The fourth-order valence-corrected chi connectivity index (χ4v) is 2.34. The molecular weight excluding hydrogens is 505 g/mol. The normalized spacial score (nSPS) is 11.4. The summed E-state index contributed by atoms with van der Waals surface area (Å²) in [6.45, 7) is -0.665. The van der Waals surface area contributed by atoms with Crippen LogP contribution in [0.5, 0.6) is 11.5 Å². The Balaban J connectivity index is 0.00000420. The second-order valence-corrected chi connectivity index (χ2v) is 5.80. The number of hydrogen-bond donors (Lipinski definition) is 2. The lowest BCUT2D eigenvalue weighted by molar-refractivity contribution is -0.153. The Kier molecular flexibility index (Phi) is 9.99. The van der Waals surface area contributed by atoms with Gasteiger partial charge >= 0.3 is 6.18 Å². The molecule has 0 saturated heterocycles. The van der Waals surface area contributed by atoms with Crippen molar-refractivity contribution in [1.82, 2.24) is 10.6 Å². The molecule has 0 amide bonds. The van der Waals surface area contributed by atoms with Gasteiger partial charge in [0, 0.05) is 20.1 Å². The van der Waals surface area contributed by atoms with Gasteiger partial charge in [-0.25, -0.2) is 4.39 Å². The van der Waals surface area contributed by atoms with Crippen LogP contribution < -0.4 is 20.1 Å². The van der Waals surface area contributed by atoms with E-state index in [1.54, 1.807) is 31.3 Å². The first-order valence-electron chi connectivity index (χ1n) is 8.36. The summed E-state index contributed by atoms with van der Waals surface area (Å²) in [5.74, 6) is 0.381. The highest BCUT2D eigenvalue weighted by Gasteiger charge is 2.29. The summed E-state index contributed by atoms with van der Waals surface area (Å²) in [5, 5.41) is 6.12. The number of guanidine groups is 1. The fraction of sp³-hybridized carbons (Fsp3) is 0.316. The highest BCUT2D eigenvalue weighted by atomic mass is 127. The van der Waals surface area contributed by atoms with Gasteiger partial charge in [0.2, 0.25) is 0 Å². The highest BCUT2D eigenvalue weighted by Crippen LogP contribution is 2.29. The lowest BCUT2D eigenvalue weighted by Crippen LogP contribution is -2.36. The van der Waals surface area contributed by atoms with Gasteiger partial charge in [-0.1, -0.05) is 18.2 Å². The van der Waals surface area contributed by atoms with E-state index in [2.05, 4.69) is 15.6 Å². The molecule has 0 atom stereocenters. The molecule has 0 bridgehead atoms. The molecule has 0 aliphatic carbocycles. The second kappa shape index (κ2) is 11.7. The van der Waals surface area contributed by atoms with Crippen LogP contribution in [0.2, 0.25) is 0 Å². The average molecular weight is 527 g/mol. The van der Waals surface area contributed by atoms with E-state index >= 15 is 0 Å². The van der Waals surface area contributed by atoms with Gasteiger partial charge in [-0.05, 0) is 35.4 Å². The summed E-state index contributed by atoms with van der Waals surface area (Å²) in [5.41, 5.74) is 1.51. The van der Waals surface area contributed by atoms with Crippen LogP contribution in [0.15, 0.2) is 47.5 Å². The van der Waals surface area contributed by atoms with Crippen molar-refractivity contribution in [3.63, 3.8) is 0 Å².